The lowest BCUT2D eigenvalue weighted by atomic mass is 10.1. The Hall–Kier alpha value is -0.990. The van der Waals surface area contributed by atoms with Gasteiger partial charge in [0.2, 0.25) is 0 Å². The number of carbonyl (C=O) groups is 1. The number of hydrogen-bond donors (Lipinski definition) is 0. The van der Waals surface area contributed by atoms with Gasteiger partial charge in [-0.15, -0.1) is 0 Å². The molecule has 3 heteroatoms. The van der Waals surface area contributed by atoms with Gasteiger partial charge in [-0.05, 0) is 46.0 Å². The van der Waals surface area contributed by atoms with Gasteiger partial charge in [0.05, 0.1) is 0 Å². The molecule has 0 aromatic carbocycles. The Morgan fingerprint density at radius 3 is 2.70 bits per heavy atom. The highest BCUT2D eigenvalue weighted by Gasteiger charge is 2.28. The molecule has 3 nitrogen and oxygen atoms in total. The van der Waals surface area contributed by atoms with Crippen LogP contribution in [0.1, 0.15) is 66.2 Å². The van der Waals surface area contributed by atoms with Crippen LogP contribution in [-0.2, 0) is 4.74 Å². The molecule has 0 bridgehead atoms. The summed E-state index contributed by atoms with van der Waals surface area (Å²) in [6.07, 6.45) is 11.9. The first-order chi connectivity index (χ1) is 9.42. The molecule has 0 aliphatic carbocycles. The van der Waals surface area contributed by atoms with E-state index in [0.717, 1.165) is 19.5 Å². The predicted octanol–water partition coefficient (Wildman–Crippen LogP) is 4.77. The molecular formula is C17H31NO2. The van der Waals surface area contributed by atoms with Crippen LogP contribution in [0.5, 0.6) is 0 Å². The molecule has 1 unspecified atom stereocenters. The molecule has 0 aromatic rings. The fourth-order valence-corrected chi connectivity index (χ4v) is 2.41. The lowest BCUT2D eigenvalue weighted by Crippen LogP contribution is -2.35. The predicted molar refractivity (Wildman–Crippen MR) is 83.8 cm³/mol. The average Bonchev–Trinajstić information content (AvgIpc) is 2.80. The fourth-order valence-electron chi connectivity index (χ4n) is 2.41. The third-order valence-corrected chi connectivity index (χ3v) is 3.51. The summed E-state index contributed by atoms with van der Waals surface area (Å²) < 4.78 is 5.40. The quantitative estimate of drug-likeness (QED) is 0.518. The molecule has 0 spiro atoms. The van der Waals surface area contributed by atoms with E-state index in [-0.39, 0.29) is 6.09 Å². The van der Waals surface area contributed by atoms with Crippen molar-refractivity contribution in [3.8, 4) is 0 Å². The molecule has 1 aliphatic heterocycles. The van der Waals surface area contributed by atoms with Crippen LogP contribution in [0.3, 0.4) is 0 Å². The number of ether oxygens (including phenoxy) is 1. The van der Waals surface area contributed by atoms with Crippen LogP contribution < -0.4 is 0 Å². The van der Waals surface area contributed by atoms with Crippen molar-refractivity contribution in [2.24, 2.45) is 5.92 Å². The van der Waals surface area contributed by atoms with Crippen LogP contribution in [0.2, 0.25) is 0 Å². The first-order valence-corrected chi connectivity index (χ1v) is 8.07. The van der Waals surface area contributed by atoms with Crippen LogP contribution in [0.25, 0.3) is 0 Å². The van der Waals surface area contributed by atoms with Gasteiger partial charge >= 0.3 is 6.09 Å². The summed E-state index contributed by atoms with van der Waals surface area (Å²) in [5.74, 6) is 0.508. The fraction of sp³-hybridized carbons (Fsp3) is 0.824. The smallest absolute Gasteiger partial charge is 0.410 e. The first-order valence-electron chi connectivity index (χ1n) is 8.07. The van der Waals surface area contributed by atoms with E-state index in [9.17, 15) is 4.79 Å². The number of rotatable bonds is 6. The third-order valence-electron chi connectivity index (χ3n) is 3.51. The summed E-state index contributed by atoms with van der Waals surface area (Å²) in [6, 6.07) is 0. The number of amides is 1. The molecule has 1 fully saturated rings. The van der Waals surface area contributed by atoms with Gasteiger partial charge in [-0.25, -0.2) is 4.79 Å². The Kier molecular flexibility index (Phi) is 7.11. The lowest BCUT2D eigenvalue weighted by molar-refractivity contribution is 0.0291. The van der Waals surface area contributed by atoms with Crippen molar-refractivity contribution < 1.29 is 9.53 Å². The molecule has 0 radical (unpaired) electrons. The molecule has 1 rings (SSSR count). The van der Waals surface area contributed by atoms with E-state index in [1.165, 1.54) is 32.1 Å². The summed E-state index contributed by atoms with van der Waals surface area (Å²) in [5, 5.41) is 0. The van der Waals surface area contributed by atoms with Crippen molar-refractivity contribution in [2.75, 3.05) is 13.1 Å². The summed E-state index contributed by atoms with van der Waals surface area (Å²) in [6.45, 7) is 9.59. The Balaban J connectivity index is 2.22. The second-order valence-corrected chi connectivity index (χ2v) is 6.75. The van der Waals surface area contributed by atoms with E-state index >= 15 is 0 Å². The third kappa shape index (κ3) is 6.97. The molecular weight excluding hydrogens is 250 g/mol. The highest BCUT2D eigenvalue weighted by molar-refractivity contribution is 5.68. The molecule has 1 aliphatic rings. The number of likely N-dealkylation sites (tertiary alicyclic amines) is 1. The highest BCUT2D eigenvalue weighted by atomic mass is 16.6. The van der Waals surface area contributed by atoms with E-state index in [1.807, 2.05) is 25.7 Å². The van der Waals surface area contributed by atoms with E-state index < -0.39 is 5.60 Å². The van der Waals surface area contributed by atoms with Crippen LogP contribution in [0.4, 0.5) is 4.79 Å². The molecule has 0 saturated carbocycles. The number of carbonyl (C=O) groups excluding carboxylic acids is 1. The standard InChI is InChI=1S/C17H31NO2/c1-5-6-7-8-9-10-11-15-12-13-18(14-15)16(19)20-17(2,3)4/h10-11,15H,5-9,12-14H2,1-4H3/b11-10+. The van der Waals surface area contributed by atoms with Crippen molar-refractivity contribution in [1.29, 1.82) is 0 Å². The summed E-state index contributed by atoms with van der Waals surface area (Å²) in [4.78, 5) is 13.8. The van der Waals surface area contributed by atoms with E-state index in [4.69, 9.17) is 4.74 Å². The van der Waals surface area contributed by atoms with Crippen molar-refractivity contribution in [2.45, 2.75) is 71.8 Å². The summed E-state index contributed by atoms with van der Waals surface area (Å²) >= 11 is 0. The highest BCUT2D eigenvalue weighted by Crippen LogP contribution is 2.20. The van der Waals surface area contributed by atoms with E-state index in [0.29, 0.717) is 5.92 Å². The minimum Gasteiger partial charge on any atom is -0.444 e. The Bertz CT molecular complexity index is 317. The zero-order valence-corrected chi connectivity index (χ0v) is 13.7. The van der Waals surface area contributed by atoms with Crippen molar-refractivity contribution in [3.05, 3.63) is 12.2 Å². The largest absolute Gasteiger partial charge is 0.444 e. The summed E-state index contributed by atoms with van der Waals surface area (Å²) in [5.41, 5.74) is -0.399. The van der Waals surface area contributed by atoms with Crippen molar-refractivity contribution in [1.82, 2.24) is 4.90 Å². The second-order valence-electron chi connectivity index (χ2n) is 6.75. The molecule has 0 N–H and O–H groups in total. The lowest BCUT2D eigenvalue weighted by Gasteiger charge is -2.24. The van der Waals surface area contributed by atoms with E-state index in [2.05, 4.69) is 19.1 Å². The average molecular weight is 281 g/mol. The Morgan fingerprint density at radius 2 is 2.05 bits per heavy atom. The molecule has 116 valence electrons. The number of allylic oxidation sites excluding steroid dienone is 1. The minimum atomic E-state index is -0.399. The van der Waals surface area contributed by atoms with Gasteiger partial charge in [-0.1, -0.05) is 38.3 Å². The van der Waals surface area contributed by atoms with E-state index in [1.54, 1.807) is 0 Å². The maximum Gasteiger partial charge on any atom is 0.410 e. The molecule has 1 amide bonds. The number of hydrogen-bond acceptors (Lipinski definition) is 2. The van der Waals surface area contributed by atoms with Crippen LogP contribution in [-0.4, -0.2) is 29.7 Å². The van der Waals surface area contributed by atoms with Gasteiger partial charge in [0.1, 0.15) is 5.60 Å². The van der Waals surface area contributed by atoms with Gasteiger partial charge in [0.25, 0.3) is 0 Å². The van der Waals surface area contributed by atoms with Crippen molar-refractivity contribution in [3.63, 3.8) is 0 Å². The van der Waals surface area contributed by atoms with Crippen LogP contribution in [0, 0.1) is 5.92 Å². The summed E-state index contributed by atoms with van der Waals surface area (Å²) in [7, 11) is 0. The van der Waals surface area contributed by atoms with Crippen LogP contribution >= 0.6 is 0 Å². The monoisotopic (exact) mass is 281 g/mol. The van der Waals surface area contributed by atoms with Gasteiger partial charge in [-0.2, -0.15) is 0 Å². The Labute approximate surface area is 124 Å². The zero-order chi connectivity index (χ0) is 15.0. The number of nitrogens with zero attached hydrogens (tertiary/aromatic N) is 1. The Morgan fingerprint density at radius 1 is 1.30 bits per heavy atom. The van der Waals surface area contributed by atoms with Crippen molar-refractivity contribution >= 4 is 6.09 Å². The van der Waals surface area contributed by atoms with Gasteiger partial charge in [-0.3, -0.25) is 0 Å². The zero-order valence-electron chi connectivity index (χ0n) is 13.7. The van der Waals surface area contributed by atoms with Gasteiger partial charge in [0, 0.05) is 13.1 Å². The first kappa shape index (κ1) is 17.1. The molecule has 1 heterocycles. The second kappa shape index (κ2) is 8.33. The van der Waals surface area contributed by atoms with Gasteiger partial charge in [0.15, 0.2) is 0 Å². The molecule has 20 heavy (non-hydrogen) atoms. The normalized spacial score (nSPS) is 19.8. The van der Waals surface area contributed by atoms with Crippen LogP contribution in [0.15, 0.2) is 12.2 Å². The SMILES string of the molecule is CCCCCC/C=C/C1CCN(C(=O)OC(C)(C)C)C1. The molecule has 1 atom stereocenters. The van der Waals surface area contributed by atoms with Gasteiger partial charge < -0.3 is 9.64 Å². The molecule has 0 aromatic heterocycles. The minimum absolute atomic E-state index is 0.170. The maximum atomic E-state index is 11.9. The maximum absolute atomic E-state index is 11.9. The molecule has 1 saturated heterocycles. The topological polar surface area (TPSA) is 29.5 Å². The number of unbranched alkanes of at least 4 members (excludes halogenated alkanes) is 4.